The second-order valence-corrected chi connectivity index (χ2v) is 5.46. The second-order valence-electron chi connectivity index (χ2n) is 4.28. The summed E-state index contributed by atoms with van der Waals surface area (Å²) in [6.45, 7) is 0. The molecule has 4 nitrogen and oxygen atoms in total. The number of amides is 1. The Kier molecular flexibility index (Phi) is 3.63. The number of nitrogens with zero attached hydrogens (tertiary/aromatic N) is 2. The van der Waals surface area contributed by atoms with Crippen LogP contribution in [0.15, 0.2) is 12.4 Å². The fourth-order valence-corrected chi connectivity index (χ4v) is 2.76. The molecule has 1 N–H and O–H groups in total. The normalized spacial score (nSPS) is 25.4. The molecule has 1 aliphatic rings. The third-order valence-electron chi connectivity index (χ3n) is 2.97. The van der Waals surface area contributed by atoms with Crippen LogP contribution in [0.3, 0.4) is 0 Å². The van der Waals surface area contributed by atoms with Crippen LogP contribution in [0.1, 0.15) is 36.0 Å². The zero-order chi connectivity index (χ0) is 11.5. The third kappa shape index (κ3) is 2.64. The van der Waals surface area contributed by atoms with Gasteiger partial charge in [-0.25, -0.2) is 0 Å². The molecule has 0 saturated heterocycles. The fourth-order valence-electron chi connectivity index (χ4n) is 2.04. The van der Waals surface area contributed by atoms with E-state index in [2.05, 4.69) is 26.3 Å². The van der Waals surface area contributed by atoms with Gasteiger partial charge in [0.1, 0.15) is 0 Å². The maximum absolute atomic E-state index is 11.9. The van der Waals surface area contributed by atoms with Crippen molar-refractivity contribution < 1.29 is 4.79 Å². The molecular weight excluding hydrogens is 270 g/mol. The van der Waals surface area contributed by atoms with E-state index in [4.69, 9.17) is 0 Å². The van der Waals surface area contributed by atoms with Gasteiger partial charge in [0.25, 0.3) is 5.91 Å². The van der Waals surface area contributed by atoms with Crippen molar-refractivity contribution in [3.05, 3.63) is 18.0 Å². The lowest BCUT2D eigenvalue weighted by atomic mass is 9.95. The zero-order valence-electron chi connectivity index (χ0n) is 9.32. The number of nitrogens with one attached hydrogen (secondary N) is 1. The molecule has 16 heavy (non-hydrogen) atoms. The maximum Gasteiger partial charge on any atom is 0.254 e. The smallest absolute Gasteiger partial charge is 0.254 e. The van der Waals surface area contributed by atoms with E-state index in [-0.39, 0.29) is 11.9 Å². The lowest BCUT2D eigenvalue weighted by molar-refractivity contribution is 0.0930. The molecule has 88 valence electrons. The van der Waals surface area contributed by atoms with Crippen molar-refractivity contribution in [3.63, 3.8) is 0 Å². The van der Waals surface area contributed by atoms with Crippen LogP contribution in [0.4, 0.5) is 0 Å². The van der Waals surface area contributed by atoms with Crippen LogP contribution in [0.2, 0.25) is 0 Å². The minimum atomic E-state index is -0.0237. The highest BCUT2D eigenvalue weighted by molar-refractivity contribution is 9.09. The van der Waals surface area contributed by atoms with Gasteiger partial charge in [0.05, 0.1) is 11.8 Å². The van der Waals surface area contributed by atoms with Crippen LogP contribution in [-0.2, 0) is 7.05 Å². The molecule has 5 heteroatoms. The van der Waals surface area contributed by atoms with E-state index in [1.54, 1.807) is 17.1 Å². The SMILES string of the molecule is Cn1cc(C(=O)NC2CCCCC2Br)cn1. The average Bonchev–Trinajstić information content (AvgIpc) is 2.68. The fraction of sp³-hybridized carbons (Fsp3) is 0.636. The number of aromatic nitrogens is 2. The van der Waals surface area contributed by atoms with Crippen LogP contribution in [0.5, 0.6) is 0 Å². The molecular formula is C11H16BrN3O. The molecule has 0 aromatic carbocycles. The summed E-state index contributed by atoms with van der Waals surface area (Å²) in [5.41, 5.74) is 0.632. The third-order valence-corrected chi connectivity index (χ3v) is 4.06. The van der Waals surface area contributed by atoms with Gasteiger partial charge in [0, 0.05) is 24.1 Å². The van der Waals surface area contributed by atoms with E-state index in [0.29, 0.717) is 10.4 Å². The number of halogens is 1. The van der Waals surface area contributed by atoms with Crippen LogP contribution >= 0.6 is 15.9 Å². The van der Waals surface area contributed by atoms with Gasteiger partial charge in [-0.05, 0) is 12.8 Å². The first-order valence-corrected chi connectivity index (χ1v) is 6.52. The Morgan fingerprint density at radius 3 is 2.94 bits per heavy atom. The summed E-state index contributed by atoms with van der Waals surface area (Å²) < 4.78 is 1.64. The summed E-state index contributed by atoms with van der Waals surface area (Å²) >= 11 is 3.63. The van der Waals surface area contributed by atoms with E-state index in [9.17, 15) is 4.79 Å². The lowest BCUT2D eigenvalue weighted by Crippen LogP contribution is -2.42. The Hall–Kier alpha value is -0.840. The molecule has 1 saturated carbocycles. The predicted molar refractivity (Wildman–Crippen MR) is 65.6 cm³/mol. The van der Waals surface area contributed by atoms with Crippen molar-refractivity contribution in [2.45, 2.75) is 36.6 Å². The van der Waals surface area contributed by atoms with Gasteiger partial charge in [-0.15, -0.1) is 0 Å². The Morgan fingerprint density at radius 2 is 2.31 bits per heavy atom. The van der Waals surface area contributed by atoms with Gasteiger partial charge in [-0.1, -0.05) is 28.8 Å². The van der Waals surface area contributed by atoms with Crippen molar-refractivity contribution in [1.82, 2.24) is 15.1 Å². The van der Waals surface area contributed by atoms with E-state index in [1.165, 1.54) is 12.8 Å². The molecule has 1 aromatic heterocycles. The lowest BCUT2D eigenvalue weighted by Gasteiger charge is -2.27. The number of rotatable bonds is 2. The van der Waals surface area contributed by atoms with E-state index in [1.807, 2.05) is 7.05 Å². The Morgan fingerprint density at radius 1 is 1.56 bits per heavy atom. The van der Waals surface area contributed by atoms with Crippen LogP contribution in [0, 0.1) is 0 Å². The Balaban J connectivity index is 1.96. The first-order chi connectivity index (χ1) is 7.66. The highest BCUT2D eigenvalue weighted by Gasteiger charge is 2.24. The summed E-state index contributed by atoms with van der Waals surface area (Å²) in [5, 5.41) is 7.05. The van der Waals surface area contributed by atoms with E-state index >= 15 is 0 Å². The van der Waals surface area contributed by atoms with E-state index < -0.39 is 0 Å². The Labute approximate surface area is 104 Å². The largest absolute Gasteiger partial charge is 0.348 e. The molecule has 0 aliphatic heterocycles. The molecule has 1 amide bonds. The highest BCUT2D eigenvalue weighted by Crippen LogP contribution is 2.24. The predicted octanol–water partition coefficient (Wildman–Crippen LogP) is 1.86. The summed E-state index contributed by atoms with van der Waals surface area (Å²) in [6, 6.07) is 0.251. The number of hydrogen-bond donors (Lipinski definition) is 1. The molecule has 2 atom stereocenters. The van der Waals surface area contributed by atoms with E-state index in [0.717, 1.165) is 12.8 Å². The summed E-state index contributed by atoms with van der Waals surface area (Å²) in [4.78, 5) is 12.3. The molecule has 0 radical (unpaired) electrons. The molecule has 0 bridgehead atoms. The summed E-state index contributed by atoms with van der Waals surface area (Å²) in [5.74, 6) is -0.0237. The van der Waals surface area contributed by atoms with Crippen molar-refractivity contribution in [2.24, 2.45) is 7.05 Å². The Bertz CT molecular complexity index is 377. The van der Waals surface area contributed by atoms with Crippen molar-refractivity contribution in [1.29, 1.82) is 0 Å². The maximum atomic E-state index is 11.9. The van der Waals surface area contributed by atoms with Crippen LogP contribution in [-0.4, -0.2) is 26.6 Å². The quantitative estimate of drug-likeness (QED) is 0.843. The van der Waals surface area contributed by atoms with Gasteiger partial charge in [-0.2, -0.15) is 5.10 Å². The van der Waals surface area contributed by atoms with Crippen LogP contribution < -0.4 is 5.32 Å². The summed E-state index contributed by atoms with van der Waals surface area (Å²) in [7, 11) is 1.81. The number of carbonyl (C=O) groups is 1. The van der Waals surface area contributed by atoms with Gasteiger partial charge in [0.15, 0.2) is 0 Å². The standard InChI is InChI=1S/C11H16BrN3O/c1-15-7-8(6-13-15)11(16)14-10-5-3-2-4-9(10)12/h6-7,9-10H,2-5H2,1H3,(H,14,16). The van der Waals surface area contributed by atoms with Crippen molar-refractivity contribution in [2.75, 3.05) is 0 Å². The monoisotopic (exact) mass is 285 g/mol. The minimum absolute atomic E-state index is 0.0237. The molecule has 1 heterocycles. The van der Waals surface area contributed by atoms with Gasteiger partial charge >= 0.3 is 0 Å². The highest BCUT2D eigenvalue weighted by atomic mass is 79.9. The van der Waals surface area contributed by atoms with Gasteiger partial charge in [-0.3, -0.25) is 9.48 Å². The number of alkyl halides is 1. The molecule has 2 rings (SSSR count). The summed E-state index contributed by atoms with van der Waals surface area (Å²) in [6.07, 6.45) is 7.97. The topological polar surface area (TPSA) is 46.9 Å². The second kappa shape index (κ2) is 4.99. The van der Waals surface area contributed by atoms with Crippen LogP contribution in [0.25, 0.3) is 0 Å². The molecule has 1 fully saturated rings. The molecule has 0 spiro atoms. The number of aryl methyl sites for hydroxylation is 1. The van der Waals surface area contributed by atoms with Gasteiger partial charge < -0.3 is 5.32 Å². The molecule has 1 aliphatic carbocycles. The van der Waals surface area contributed by atoms with Crippen molar-refractivity contribution in [3.8, 4) is 0 Å². The number of hydrogen-bond acceptors (Lipinski definition) is 2. The van der Waals surface area contributed by atoms with Crippen molar-refractivity contribution >= 4 is 21.8 Å². The molecule has 2 unspecified atom stereocenters. The average molecular weight is 286 g/mol. The molecule has 1 aromatic rings. The zero-order valence-corrected chi connectivity index (χ0v) is 10.9. The van der Waals surface area contributed by atoms with Gasteiger partial charge in [0.2, 0.25) is 0 Å². The minimum Gasteiger partial charge on any atom is -0.348 e. The first-order valence-electron chi connectivity index (χ1n) is 5.60. The first kappa shape index (κ1) is 11.6. The number of carbonyl (C=O) groups excluding carboxylic acids is 1.